The fraction of sp³-hybridized carbons (Fsp3) is 0.250. The van der Waals surface area contributed by atoms with Crippen molar-refractivity contribution in [3.8, 4) is 0 Å². The van der Waals surface area contributed by atoms with E-state index in [1.165, 1.54) is 6.26 Å². The number of nitrogens with zero attached hydrogens (tertiary/aromatic N) is 1. The number of nitrogens with one attached hydrogen (secondary N) is 3. The van der Waals surface area contributed by atoms with Gasteiger partial charge in [-0.25, -0.2) is 4.99 Å². The van der Waals surface area contributed by atoms with Crippen molar-refractivity contribution < 1.29 is 14.3 Å². The fourth-order valence-corrected chi connectivity index (χ4v) is 3.03. The van der Waals surface area contributed by atoms with E-state index in [4.69, 9.17) is 4.42 Å². The van der Waals surface area contributed by atoms with Crippen LogP contribution in [0.4, 0.5) is 5.69 Å². The number of aliphatic imine (C=N–C) groups is 1. The Morgan fingerprint density at radius 1 is 1.06 bits per heavy atom. The van der Waals surface area contributed by atoms with Crippen molar-refractivity contribution in [2.75, 3.05) is 18.4 Å². The Morgan fingerprint density at radius 3 is 2.65 bits per heavy atom. The summed E-state index contributed by atoms with van der Waals surface area (Å²) >= 11 is 0. The van der Waals surface area contributed by atoms with Gasteiger partial charge in [0.2, 0.25) is 0 Å². The minimum atomic E-state index is -0.522. The summed E-state index contributed by atoms with van der Waals surface area (Å²) in [5.41, 5.74) is 2.54. The van der Waals surface area contributed by atoms with Crippen LogP contribution in [0.1, 0.15) is 41.1 Å². The van der Waals surface area contributed by atoms with Gasteiger partial charge in [0, 0.05) is 18.8 Å². The zero-order valence-electron chi connectivity index (χ0n) is 17.5. The Morgan fingerprint density at radius 2 is 1.90 bits per heavy atom. The van der Waals surface area contributed by atoms with E-state index in [9.17, 15) is 9.90 Å². The van der Waals surface area contributed by atoms with E-state index in [-0.39, 0.29) is 11.7 Å². The van der Waals surface area contributed by atoms with Crippen LogP contribution in [0.25, 0.3) is 0 Å². The summed E-state index contributed by atoms with van der Waals surface area (Å²) in [6.07, 6.45) is 1.52. The van der Waals surface area contributed by atoms with Gasteiger partial charge in [-0.05, 0) is 48.7 Å². The Balaban J connectivity index is 1.54. The SMILES string of the molecule is CCNC(=NCc1cccc(NC(=O)c2ccco2)c1)NCCC(O)c1ccccc1. The van der Waals surface area contributed by atoms with Crippen LogP contribution in [0.2, 0.25) is 0 Å². The van der Waals surface area contributed by atoms with Gasteiger partial charge in [-0.1, -0.05) is 42.5 Å². The number of rotatable bonds is 9. The summed E-state index contributed by atoms with van der Waals surface area (Å²) in [7, 11) is 0. The first-order valence-corrected chi connectivity index (χ1v) is 10.3. The number of amides is 1. The molecule has 0 aliphatic rings. The van der Waals surface area contributed by atoms with E-state index in [0.717, 1.165) is 17.7 Å². The number of anilines is 1. The molecule has 7 heteroatoms. The third-order valence-corrected chi connectivity index (χ3v) is 4.59. The van der Waals surface area contributed by atoms with Crippen molar-refractivity contribution in [2.24, 2.45) is 4.99 Å². The average Bonchev–Trinajstić information content (AvgIpc) is 3.33. The van der Waals surface area contributed by atoms with Gasteiger partial charge in [0.25, 0.3) is 5.91 Å². The maximum atomic E-state index is 12.1. The minimum absolute atomic E-state index is 0.264. The first kappa shape index (κ1) is 22.1. The molecule has 0 aliphatic carbocycles. The highest BCUT2D eigenvalue weighted by molar-refractivity contribution is 6.02. The number of carbonyl (C=O) groups is 1. The normalized spacial score (nSPS) is 12.3. The van der Waals surface area contributed by atoms with Crippen LogP contribution in [0.5, 0.6) is 0 Å². The molecule has 1 amide bonds. The second-order valence-corrected chi connectivity index (χ2v) is 6.97. The topological polar surface area (TPSA) is 98.9 Å². The molecule has 3 aromatic rings. The zero-order chi connectivity index (χ0) is 21.9. The molecule has 1 aromatic heterocycles. The van der Waals surface area contributed by atoms with E-state index in [1.54, 1.807) is 12.1 Å². The molecule has 0 aliphatic heterocycles. The third kappa shape index (κ3) is 7.01. The Labute approximate surface area is 182 Å². The van der Waals surface area contributed by atoms with Crippen molar-refractivity contribution in [3.63, 3.8) is 0 Å². The second kappa shape index (κ2) is 11.6. The Hall–Kier alpha value is -3.58. The molecule has 0 spiro atoms. The van der Waals surface area contributed by atoms with Gasteiger partial charge in [0.15, 0.2) is 11.7 Å². The molecule has 2 aromatic carbocycles. The lowest BCUT2D eigenvalue weighted by Gasteiger charge is -2.14. The molecule has 1 heterocycles. The first-order valence-electron chi connectivity index (χ1n) is 10.3. The predicted molar refractivity (Wildman–Crippen MR) is 122 cm³/mol. The smallest absolute Gasteiger partial charge is 0.291 e. The van der Waals surface area contributed by atoms with Crippen LogP contribution in [0, 0.1) is 0 Å². The number of hydrogen-bond acceptors (Lipinski definition) is 4. The highest BCUT2D eigenvalue weighted by Crippen LogP contribution is 2.15. The summed E-state index contributed by atoms with van der Waals surface area (Å²) in [5.74, 6) is 0.644. The minimum Gasteiger partial charge on any atom is -0.459 e. The molecule has 0 fully saturated rings. The second-order valence-electron chi connectivity index (χ2n) is 6.97. The number of aliphatic hydroxyl groups excluding tert-OH is 1. The summed E-state index contributed by atoms with van der Waals surface area (Å²) in [6.45, 7) is 3.76. The molecule has 31 heavy (non-hydrogen) atoms. The number of carbonyl (C=O) groups excluding carboxylic acids is 1. The van der Waals surface area contributed by atoms with E-state index >= 15 is 0 Å². The highest BCUT2D eigenvalue weighted by Gasteiger charge is 2.09. The lowest BCUT2D eigenvalue weighted by molar-refractivity contribution is 0.0996. The molecule has 0 saturated carbocycles. The molecule has 0 bridgehead atoms. The van der Waals surface area contributed by atoms with Crippen LogP contribution in [0.3, 0.4) is 0 Å². The molecule has 162 valence electrons. The van der Waals surface area contributed by atoms with Gasteiger partial charge < -0.3 is 25.5 Å². The van der Waals surface area contributed by atoms with Gasteiger partial charge in [0.05, 0.1) is 18.9 Å². The number of hydrogen-bond donors (Lipinski definition) is 4. The molecule has 1 unspecified atom stereocenters. The Kier molecular flexibility index (Phi) is 8.25. The van der Waals surface area contributed by atoms with Crippen LogP contribution < -0.4 is 16.0 Å². The average molecular weight is 421 g/mol. The van der Waals surface area contributed by atoms with E-state index in [2.05, 4.69) is 20.9 Å². The maximum Gasteiger partial charge on any atom is 0.291 e. The van der Waals surface area contributed by atoms with Crippen LogP contribution in [-0.2, 0) is 6.54 Å². The van der Waals surface area contributed by atoms with E-state index in [1.807, 2.05) is 61.5 Å². The van der Waals surface area contributed by atoms with Gasteiger partial charge in [-0.2, -0.15) is 0 Å². The van der Waals surface area contributed by atoms with Gasteiger partial charge in [-0.3, -0.25) is 4.79 Å². The van der Waals surface area contributed by atoms with Crippen LogP contribution in [-0.4, -0.2) is 30.1 Å². The molecule has 0 saturated heterocycles. The van der Waals surface area contributed by atoms with E-state index in [0.29, 0.717) is 31.2 Å². The molecule has 1 atom stereocenters. The molecule has 4 N–H and O–H groups in total. The van der Waals surface area contributed by atoms with Crippen molar-refractivity contribution in [3.05, 3.63) is 89.9 Å². The maximum absolute atomic E-state index is 12.1. The van der Waals surface area contributed by atoms with Crippen molar-refractivity contribution in [1.82, 2.24) is 10.6 Å². The Bertz CT molecular complexity index is 972. The van der Waals surface area contributed by atoms with Crippen molar-refractivity contribution in [2.45, 2.75) is 26.0 Å². The number of benzene rings is 2. The summed E-state index contributed by atoms with van der Waals surface area (Å²) < 4.78 is 5.12. The fourth-order valence-electron chi connectivity index (χ4n) is 3.03. The predicted octanol–water partition coefficient (Wildman–Crippen LogP) is 3.71. The van der Waals surface area contributed by atoms with Gasteiger partial charge in [0.1, 0.15) is 0 Å². The van der Waals surface area contributed by atoms with Gasteiger partial charge in [-0.15, -0.1) is 0 Å². The van der Waals surface area contributed by atoms with Gasteiger partial charge >= 0.3 is 0 Å². The summed E-state index contributed by atoms with van der Waals surface area (Å²) in [5, 5.41) is 19.6. The summed E-state index contributed by atoms with van der Waals surface area (Å²) in [4.78, 5) is 16.7. The number of aliphatic hydroxyl groups is 1. The van der Waals surface area contributed by atoms with Crippen molar-refractivity contribution in [1.29, 1.82) is 0 Å². The lowest BCUT2D eigenvalue weighted by atomic mass is 10.1. The first-order chi connectivity index (χ1) is 15.2. The molecule has 0 radical (unpaired) electrons. The standard InChI is InChI=1S/C24H28N4O3/c1-2-25-24(26-14-13-21(29)19-9-4-3-5-10-19)27-17-18-8-6-11-20(16-18)28-23(30)22-12-7-15-31-22/h3-12,15-16,21,29H,2,13-14,17H2,1H3,(H,28,30)(H2,25,26,27). The quantitative estimate of drug-likeness (QED) is 0.312. The third-order valence-electron chi connectivity index (χ3n) is 4.59. The monoisotopic (exact) mass is 420 g/mol. The molecule has 7 nitrogen and oxygen atoms in total. The van der Waals surface area contributed by atoms with Crippen LogP contribution in [0.15, 0.2) is 82.4 Å². The largest absolute Gasteiger partial charge is 0.459 e. The summed E-state index contributed by atoms with van der Waals surface area (Å²) in [6, 6.07) is 20.4. The highest BCUT2D eigenvalue weighted by atomic mass is 16.3. The lowest BCUT2D eigenvalue weighted by Crippen LogP contribution is -2.38. The van der Waals surface area contributed by atoms with E-state index < -0.39 is 6.10 Å². The number of guanidine groups is 1. The zero-order valence-corrected chi connectivity index (χ0v) is 17.5. The molecular formula is C24H28N4O3. The van der Waals surface area contributed by atoms with Crippen LogP contribution >= 0.6 is 0 Å². The van der Waals surface area contributed by atoms with Crippen molar-refractivity contribution >= 4 is 17.6 Å². The number of furan rings is 1. The molecular weight excluding hydrogens is 392 g/mol. The molecule has 3 rings (SSSR count).